The van der Waals surface area contributed by atoms with Gasteiger partial charge in [-0.05, 0) is 48.9 Å². The van der Waals surface area contributed by atoms with Gasteiger partial charge in [-0.2, -0.15) is 4.31 Å². The Hall–Kier alpha value is -1.41. The van der Waals surface area contributed by atoms with Crippen LogP contribution in [0.15, 0.2) is 34.5 Å². The summed E-state index contributed by atoms with van der Waals surface area (Å²) < 4.78 is 27.2. The summed E-state index contributed by atoms with van der Waals surface area (Å²) in [6.45, 7) is 2.82. The molecule has 3 rings (SSSR count). The predicted molar refractivity (Wildman–Crippen MR) is 101 cm³/mol. The second kappa shape index (κ2) is 7.45. The third-order valence-electron chi connectivity index (χ3n) is 4.28. The van der Waals surface area contributed by atoms with Crippen molar-refractivity contribution in [2.75, 3.05) is 18.4 Å². The van der Waals surface area contributed by atoms with Gasteiger partial charge in [0.1, 0.15) is 9.77 Å². The molecule has 8 heteroatoms. The molecule has 25 heavy (non-hydrogen) atoms. The number of sulfonamides is 1. The zero-order chi connectivity index (χ0) is 18.0. The molecule has 0 spiro atoms. The Bertz CT molecular complexity index is 887. The Balaban J connectivity index is 1.88. The number of halogens is 1. The smallest absolute Gasteiger partial charge is 0.267 e. The average Bonchev–Trinajstić information content (AvgIpc) is 3.10. The zero-order valence-electron chi connectivity index (χ0n) is 13.8. The van der Waals surface area contributed by atoms with Crippen molar-refractivity contribution >= 4 is 44.6 Å². The quantitative estimate of drug-likeness (QED) is 0.841. The van der Waals surface area contributed by atoms with Crippen molar-refractivity contribution < 1.29 is 13.2 Å². The Morgan fingerprint density at radius 1 is 1.20 bits per heavy atom. The van der Waals surface area contributed by atoms with E-state index in [1.807, 2.05) is 0 Å². The van der Waals surface area contributed by atoms with Gasteiger partial charge in [0.25, 0.3) is 5.91 Å². The lowest BCUT2D eigenvalue weighted by atomic mass is 10.2. The highest BCUT2D eigenvalue weighted by atomic mass is 35.5. The van der Waals surface area contributed by atoms with Crippen molar-refractivity contribution in [3.8, 4) is 0 Å². The zero-order valence-corrected chi connectivity index (χ0v) is 16.2. The molecule has 0 unspecified atom stereocenters. The van der Waals surface area contributed by atoms with Gasteiger partial charge in [-0.1, -0.05) is 24.1 Å². The van der Waals surface area contributed by atoms with Gasteiger partial charge in [-0.3, -0.25) is 4.79 Å². The maximum atomic E-state index is 12.9. The average molecular weight is 399 g/mol. The first kappa shape index (κ1) is 18.4. The molecule has 1 aliphatic rings. The molecule has 1 amide bonds. The van der Waals surface area contributed by atoms with E-state index in [4.69, 9.17) is 11.6 Å². The molecule has 1 fully saturated rings. The fraction of sp³-hybridized carbons (Fsp3) is 0.353. The fourth-order valence-electron chi connectivity index (χ4n) is 2.83. The molecule has 1 N–H and O–H groups in total. The Morgan fingerprint density at radius 2 is 1.92 bits per heavy atom. The number of carbonyl (C=O) groups is 1. The summed E-state index contributed by atoms with van der Waals surface area (Å²) in [5, 5.41) is 4.95. The Kier molecular flexibility index (Phi) is 5.48. The third kappa shape index (κ3) is 3.74. The van der Waals surface area contributed by atoms with Crippen molar-refractivity contribution in [3.05, 3.63) is 45.1 Å². The summed E-state index contributed by atoms with van der Waals surface area (Å²) in [4.78, 5) is 12.9. The van der Waals surface area contributed by atoms with E-state index in [9.17, 15) is 13.2 Å². The van der Waals surface area contributed by atoms with Crippen molar-refractivity contribution in [2.45, 2.75) is 31.1 Å². The Morgan fingerprint density at radius 3 is 2.64 bits per heavy atom. The number of piperidine rings is 1. The van der Waals surface area contributed by atoms with Crippen LogP contribution in [0.3, 0.4) is 0 Å². The lowest BCUT2D eigenvalue weighted by Gasteiger charge is -2.25. The topological polar surface area (TPSA) is 66.5 Å². The second-order valence-electron chi connectivity index (χ2n) is 5.95. The highest BCUT2D eigenvalue weighted by Gasteiger charge is 2.31. The van der Waals surface area contributed by atoms with E-state index < -0.39 is 15.9 Å². The Labute approximate surface area is 156 Å². The summed E-state index contributed by atoms with van der Waals surface area (Å²) in [6, 6.07) is 6.73. The molecule has 134 valence electrons. The minimum atomic E-state index is -3.65. The van der Waals surface area contributed by atoms with Crippen molar-refractivity contribution in [1.29, 1.82) is 0 Å². The molecule has 1 aromatic heterocycles. The van der Waals surface area contributed by atoms with Gasteiger partial charge >= 0.3 is 0 Å². The third-order valence-corrected chi connectivity index (χ3v) is 7.68. The van der Waals surface area contributed by atoms with Crippen LogP contribution in [-0.2, 0) is 10.0 Å². The number of nitrogens with zero attached hydrogens (tertiary/aromatic N) is 1. The normalized spacial score (nSPS) is 15.9. The molecule has 1 saturated heterocycles. The SMILES string of the molecule is Cc1c(Cl)cccc1NC(=O)c1sccc1S(=O)(=O)N1CCCCC1. The lowest BCUT2D eigenvalue weighted by molar-refractivity contribution is 0.102. The number of benzene rings is 1. The number of hydrogen-bond donors (Lipinski definition) is 1. The minimum Gasteiger partial charge on any atom is -0.321 e. The number of nitrogens with one attached hydrogen (secondary N) is 1. The van der Waals surface area contributed by atoms with Crippen LogP contribution in [0.1, 0.15) is 34.5 Å². The molecular weight excluding hydrogens is 380 g/mol. The molecule has 2 heterocycles. The van der Waals surface area contributed by atoms with Crippen LogP contribution in [0.25, 0.3) is 0 Å². The van der Waals surface area contributed by atoms with E-state index in [-0.39, 0.29) is 9.77 Å². The van der Waals surface area contributed by atoms with Gasteiger partial charge in [0.2, 0.25) is 10.0 Å². The summed E-state index contributed by atoms with van der Waals surface area (Å²) in [5.41, 5.74) is 1.32. The minimum absolute atomic E-state index is 0.0802. The molecule has 5 nitrogen and oxygen atoms in total. The van der Waals surface area contributed by atoms with Gasteiger partial charge < -0.3 is 5.32 Å². The molecular formula is C17H19ClN2O3S2. The first-order valence-electron chi connectivity index (χ1n) is 8.05. The molecule has 0 aliphatic carbocycles. The van der Waals surface area contributed by atoms with E-state index >= 15 is 0 Å². The predicted octanol–water partition coefficient (Wildman–Crippen LogP) is 4.14. The number of thiophene rings is 1. The van der Waals surface area contributed by atoms with Crippen LogP contribution in [0.2, 0.25) is 5.02 Å². The van der Waals surface area contributed by atoms with Crippen molar-refractivity contribution in [2.24, 2.45) is 0 Å². The van der Waals surface area contributed by atoms with Gasteiger partial charge in [0.15, 0.2) is 0 Å². The number of carbonyl (C=O) groups excluding carboxylic acids is 1. The standard InChI is InChI=1S/C17H19ClN2O3S2/c1-12-13(18)6-5-7-14(12)19-17(21)16-15(8-11-24-16)25(22,23)20-9-3-2-4-10-20/h5-8,11H,2-4,9-10H2,1H3,(H,19,21). The number of anilines is 1. The van der Waals surface area contributed by atoms with E-state index in [2.05, 4.69) is 5.32 Å². The van der Waals surface area contributed by atoms with Crippen LogP contribution < -0.4 is 5.32 Å². The molecule has 1 aliphatic heterocycles. The number of amides is 1. The van der Waals surface area contributed by atoms with Gasteiger partial charge in [0.05, 0.1) is 0 Å². The molecule has 0 atom stereocenters. The van der Waals surface area contributed by atoms with E-state index in [1.54, 1.807) is 30.5 Å². The fourth-order valence-corrected chi connectivity index (χ4v) is 5.82. The van der Waals surface area contributed by atoms with Crippen molar-refractivity contribution in [3.63, 3.8) is 0 Å². The monoisotopic (exact) mass is 398 g/mol. The van der Waals surface area contributed by atoms with Crippen LogP contribution in [0.4, 0.5) is 5.69 Å². The highest BCUT2D eigenvalue weighted by Crippen LogP contribution is 2.29. The highest BCUT2D eigenvalue weighted by molar-refractivity contribution is 7.89. The molecule has 0 saturated carbocycles. The van der Waals surface area contributed by atoms with Crippen LogP contribution in [0, 0.1) is 6.92 Å². The van der Waals surface area contributed by atoms with Gasteiger partial charge in [-0.25, -0.2) is 8.42 Å². The molecule has 2 aromatic rings. The van der Waals surface area contributed by atoms with E-state index in [0.29, 0.717) is 23.8 Å². The van der Waals surface area contributed by atoms with Crippen LogP contribution >= 0.6 is 22.9 Å². The summed E-state index contributed by atoms with van der Waals surface area (Å²) >= 11 is 7.20. The second-order valence-corrected chi connectivity index (χ2v) is 9.17. The maximum Gasteiger partial charge on any atom is 0.267 e. The largest absolute Gasteiger partial charge is 0.321 e. The number of rotatable bonds is 4. The van der Waals surface area contributed by atoms with Gasteiger partial charge in [-0.15, -0.1) is 11.3 Å². The molecule has 0 radical (unpaired) electrons. The summed E-state index contributed by atoms with van der Waals surface area (Å²) in [7, 11) is -3.65. The van der Waals surface area contributed by atoms with Gasteiger partial charge in [0, 0.05) is 23.8 Å². The first-order valence-corrected chi connectivity index (χ1v) is 10.7. The number of hydrogen-bond acceptors (Lipinski definition) is 4. The maximum absolute atomic E-state index is 12.9. The molecule has 1 aromatic carbocycles. The van der Waals surface area contributed by atoms with E-state index in [0.717, 1.165) is 36.2 Å². The summed E-state index contributed by atoms with van der Waals surface area (Å²) in [6.07, 6.45) is 2.75. The lowest BCUT2D eigenvalue weighted by Crippen LogP contribution is -2.36. The van der Waals surface area contributed by atoms with Crippen molar-refractivity contribution in [1.82, 2.24) is 4.31 Å². The van der Waals surface area contributed by atoms with E-state index in [1.165, 1.54) is 10.4 Å². The summed E-state index contributed by atoms with van der Waals surface area (Å²) in [5.74, 6) is -0.434. The molecule has 0 bridgehead atoms. The van der Waals surface area contributed by atoms with Crippen LogP contribution in [-0.4, -0.2) is 31.7 Å². The first-order chi connectivity index (χ1) is 11.9. The van der Waals surface area contributed by atoms with Crippen LogP contribution in [0.5, 0.6) is 0 Å².